The fraction of sp³-hybridized carbons (Fsp3) is 0.222. The molecule has 1 amide bonds. The van der Waals surface area contributed by atoms with E-state index in [9.17, 15) is 4.79 Å². The molecule has 138 valence electrons. The first-order valence-corrected chi connectivity index (χ1v) is 10.2. The maximum atomic E-state index is 11.6. The van der Waals surface area contributed by atoms with Gasteiger partial charge in [0, 0.05) is 16.6 Å². The molecule has 0 saturated heterocycles. The van der Waals surface area contributed by atoms with Gasteiger partial charge < -0.3 is 15.0 Å². The number of amides is 1. The summed E-state index contributed by atoms with van der Waals surface area (Å²) in [6.45, 7) is 4.30. The Balaban J connectivity index is 1.72. The molecule has 0 fully saturated rings. The number of ether oxygens (including phenoxy) is 1. The van der Waals surface area contributed by atoms with Crippen LogP contribution in [0.2, 0.25) is 0 Å². The molecule has 0 radical (unpaired) electrons. The zero-order valence-electron chi connectivity index (χ0n) is 14.8. The van der Waals surface area contributed by atoms with E-state index < -0.39 is 6.09 Å². The van der Waals surface area contributed by atoms with Gasteiger partial charge in [0.1, 0.15) is 16.5 Å². The number of imidazole rings is 1. The zero-order chi connectivity index (χ0) is 18.8. The third kappa shape index (κ3) is 3.69. The van der Waals surface area contributed by atoms with Gasteiger partial charge in [0.25, 0.3) is 0 Å². The summed E-state index contributed by atoms with van der Waals surface area (Å²) in [6.07, 6.45) is -0.465. The van der Waals surface area contributed by atoms with E-state index in [2.05, 4.69) is 26.3 Å². The molecular weight excluding hydrogens is 382 g/mol. The molecule has 0 bridgehead atoms. The van der Waals surface area contributed by atoms with E-state index in [1.165, 1.54) is 0 Å². The summed E-state index contributed by atoms with van der Waals surface area (Å²) >= 11 is 3.15. The average molecular weight is 400 g/mol. The number of carbonyl (C=O) groups excluding carboxylic acids is 1. The first-order chi connectivity index (χ1) is 13.1. The highest BCUT2D eigenvalue weighted by Crippen LogP contribution is 2.34. The molecule has 9 heteroatoms. The normalized spacial score (nSPS) is 11.0. The number of rotatable bonds is 5. The zero-order valence-corrected chi connectivity index (χ0v) is 16.4. The molecule has 2 N–H and O–H groups in total. The van der Waals surface area contributed by atoms with Crippen molar-refractivity contribution >= 4 is 39.0 Å². The second-order valence-electron chi connectivity index (χ2n) is 5.81. The van der Waals surface area contributed by atoms with Crippen LogP contribution in [0.15, 0.2) is 29.1 Å². The van der Waals surface area contributed by atoms with Crippen LogP contribution >= 0.6 is 22.7 Å². The number of hydrogen-bond donors (Lipinski definition) is 2. The Labute approximate surface area is 163 Å². The van der Waals surface area contributed by atoms with E-state index in [0.717, 1.165) is 37.9 Å². The van der Waals surface area contributed by atoms with E-state index in [-0.39, 0.29) is 6.54 Å². The van der Waals surface area contributed by atoms with Crippen molar-refractivity contribution in [3.63, 3.8) is 0 Å². The topological polar surface area (TPSA) is 92.8 Å². The Morgan fingerprint density at radius 3 is 2.96 bits per heavy atom. The Morgan fingerprint density at radius 2 is 2.19 bits per heavy atom. The highest BCUT2D eigenvalue weighted by atomic mass is 32.1. The quantitative estimate of drug-likeness (QED) is 0.520. The van der Waals surface area contributed by atoms with Crippen LogP contribution in [0.4, 0.5) is 4.79 Å². The lowest BCUT2D eigenvalue weighted by Crippen LogP contribution is -2.24. The van der Waals surface area contributed by atoms with Crippen molar-refractivity contribution in [3.05, 3.63) is 40.6 Å². The number of aryl methyl sites for hydroxylation is 1. The number of alkyl carbamates (subject to hydrolysis) is 1. The Bertz CT molecular complexity index is 1100. The van der Waals surface area contributed by atoms with Crippen molar-refractivity contribution in [2.24, 2.45) is 0 Å². The van der Waals surface area contributed by atoms with E-state index in [4.69, 9.17) is 9.72 Å². The van der Waals surface area contributed by atoms with Crippen LogP contribution in [-0.4, -0.2) is 32.6 Å². The Morgan fingerprint density at radius 1 is 1.30 bits per heavy atom. The van der Waals surface area contributed by atoms with Crippen molar-refractivity contribution in [3.8, 4) is 22.0 Å². The number of thiazole rings is 2. The van der Waals surface area contributed by atoms with Crippen molar-refractivity contribution < 1.29 is 9.53 Å². The van der Waals surface area contributed by atoms with Gasteiger partial charge in [-0.25, -0.2) is 19.7 Å². The lowest BCUT2D eigenvalue weighted by Gasteiger charge is -2.02. The molecule has 4 rings (SSSR count). The van der Waals surface area contributed by atoms with Crippen LogP contribution in [0.5, 0.6) is 0 Å². The molecule has 4 aromatic rings. The molecule has 0 spiro atoms. The van der Waals surface area contributed by atoms with Gasteiger partial charge in [0.05, 0.1) is 34.6 Å². The minimum absolute atomic E-state index is 0.249. The van der Waals surface area contributed by atoms with Gasteiger partial charge in [0.2, 0.25) is 0 Å². The Hall–Kier alpha value is -2.78. The number of aromatic amines is 1. The predicted octanol–water partition coefficient (Wildman–Crippen LogP) is 4.36. The van der Waals surface area contributed by atoms with Gasteiger partial charge in [-0.1, -0.05) is 6.07 Å². The van der Waals surface area contributed by atoms with Gasteiger partial charge in [-0.2, -0.15) is 0 Å². The molecule has 0 saturated carbocycles. The maximum absolute atomic E-state index is 11.6. The number of hydrogen-bond acceptors (Lipinski definition) is 7. The van der Waals surface area contributed by atoms with Crippen molar-refractivity contribution in [1.29, 1.82) is 0 Å². The highest BCUT2D eigenvalue weighted by Gasteiger charge is 2.18. The van der Waals surface area contributed by atoms with Crippen LogP contribution in [0, 0.1) is 6.92 Å². The molecule has 0 aliphatic carbocycles. The van der Waals surface area contributed by atoms with Crippen LogP contribution in [0.25, 0.3) is 32.2 Å². The second-order valence-corrected chi connectivity index (χ2v) is 7.55. The first kappa shape index (κ1) is 17.6. The van der Waals surface area contributed by atoms with Gasteiger partial charge in [-0.05, 0) is 26.0 Å². The van der Waals surface area contributed by atoms with E-state index in [1.807, 2.05) is 29.9 Å². The average Bonchev–Trinajstić information content (AvgIpc) is 3.38. The molecule has 0 unspecified atom stereocenters. The Kier molecular flexibility index (Phi) is 4.87. The van der Waals surface area contributed by atoms with Crippen LogP contribution in [0.1, 0.15) is 18.4 Å². The van der Waals surface area contributed by atoms with Crippen LogP contribution in [-0.2, 0) is 11.3 Å². The summed E-state index contributed by atoms with van der Waals surface area (Å²) < 4.78 is 6.00. The number of H-pyrrole nitrogens is 1. The summed E-state index contributed by atoms with van der Waals surface area (Å²) in [4.78, 5) is 28.5. The lowest BCUT2D eigenvalue weighted by molar-refractivity contribution is 0.151. The third-order valence-corrected chi connectivity index (χ3v) is 5.64. The number of nitrogens with zero attached hydrogens (tertiary/aromatic N) is 3. The second kappa shape index (κ2) is 7.45. The smallest absolute Gasteiger partial charge is 0.407 e. The fourth-order valence-corrected chi connectivity index (χ4v) is 4.19. The number of nitrogens with one attached hydrogen (secondary N) is 2. The van der Waals surface area contributed by atoms with Gasteiger partial charge in [-0.15, -0.1) is 22.7 Å². The molecule has 0 atom stereocenters. The molecule has 0 aliphatic rings. The predicted molar refractivity (Wildman–Crippen MR) is 107 cm³/mol. The summed E-state index contributed by atoms with van der Waals surface area (Å²) in [5.74, 6) is 0.644. The lowest BCUT2D eigenvalue weighted by atomic mass is 10.1. The summed E-state index contributed by atoms with van der Waals surface area (Å²) in [5.41, 5.74) is 6.39. The number of benzene rings is 1. The monoisotopic (exact) mass is 399 g/mol. The third-order valence-electron chi connectivity index (χ3n) is 3.87. The summed E-state index contributed by atoms with van der Waals surface area (Å²) in [5, 5.41) is 5.56. The van der Waals surface area contributed by atoms with E-state index in [1.54, 1.807) is 29.6 Å². The van der Waals surface area contributed by atoms with Gasteiger partial charge >= 0.3 is 6.09 Å². The summed E-state index contributed by atoms with van der Waals surface area (Å²) in [6, 6.07) is 6.07. The van der Waals surface area contributed by atoms with Crippen molar-refractivity contribution in [1.82, 2.24) is 25.3 Å². The molecule has 3 heterocycles. The van der Waals surface area contributed by atoms with E-state index in [0.29, 0.717) is 12.4 Å². The van der Waals surface area contributed by atoms with Gasteiger partial charge in [-0.3, -0.25) is 0 Å². The fourth-order valence-electron chi connectivity index (χ4n) is 2.68. The minimum Gasteiger partial charge on any atom is -0.450 e. The maximum Gasteiger partial charge on any atom is 0.407 e. The van der Waals surface area contributed by atoms with Crippen molar-refractivity contribution in [2.75, 3.05) is 6.61 Å². The molecule has 3 aromatic heterocycles. The SMILES string of the molecule is CCOC(=O)NCc1nc(-c2ccc3ncsc3c2)c(-c2nc(C)cs2)[nH]1. The number of fused-ring (bicyclic) bond motifs is 1. The molecule has 1 aromatic carbocycles. The standard InChI is InChI=1S/C18H17N5O2S2/c1-3-25-18(24)19-7-14-22-15(16(23-14)17-21-10(2)8-26-17)11-4-5-12-13(6-11)27-9-20-12/h4-6,8-9H,3,7H2,1-2H3,(H,19,24)(H,22,23). The summed E-state index contributed by atoms with van der Waals surface area (Å²) in [7, 11) is 0. The van der Waals surface area contributed by atoms with Gasteiger partial charge in [0.15, 0.2) is 0 Å². The van der Waals surface area contributed by atoms with Crippen molar-refractivity contribution in [2.45, 2.75) is 20.4 Å². The molecule has 0 aliphatic heterocycles. The molecular formula is C18H17N5O2S2. The minimum atomic E-state index is -0.465. The van der Waals surface area contributed by atoms with E-state index >= 15 is 0 Å². The number of carbonyl (C=O) groups is 1. The van der Waals surface area contributed by atoms with Crippen LogP contribution in [0.3, 0.4) is 0 Å². The number of aromatic nitrogens is 4. The molecule has 27 heavy (non-hydrogen) atoms. The molecule has 7 nitrogen and oxygen atoms in total. The first-order valence-electron chi connectivity index (χ1n) is 8.39. The largest absolute Gasteiger partial charge is 0.450 e. The highest BCUT2D eigenvalue weighted by molar-refractivity contribution is 7.16. The van der Waals surface area contributed by atoms with Crippen LogP contribution < -0.4 is 5.32 Å².